The van der Waals surface area contributed by atoms with E-state index in [0.717, 1.165) is 52.5 Å². The minimum Gasteiger partial charge on any atom is -0.350 e. The van der Waals surface area contributed by atoms with Crippen LogP contribution in [0.4, 0.5) is 0 Å². The number of para-hydroxylation sites is 1. The number of hydrogen-bond donors (Lipinski definition) is 1. The summed E-state index contributed by atoms with van der Waals surface area (Å²) in [5.74, 6) is -0.362. The van der Waals surface area contributed by atoms with E-state index in [1.165, 1.54) is 15.8 Å². The van der Waals surface area contributed by atoms with Gasteiger partial charge >= 0.3 is 0 Å². The summed E-state index contributed by atoms with van der Waals surface area (Å²) in [6, 6.07) is 8.00. The Morgan fingerprint density at radius 2 is 2.13 bits per heavy atom. The standard InChI is InChI=1S/C22H21N5O2S/c1-26-11-14(15-6-2-4-8-17(15)26)10-24-25-19(28)12-27-13-23-21-20(22(27)29)16-7-3-5-9-18(16)30-21/h2,4,6,8,10-11,13H,3,5,7,9,12H2,1H3,(H,25,28)/b24-10-. The monoisotopic (exact) mass is 419 g/mol. The van der Waals surface area contributed by atoms with Gasteiger partial charge < -0.3 is 4.57 Å². The molecule has 30 heavy (non-hydrogen) atoms. The van der Waals surface area contributed by atoms with E-state index in [4.69, 9.17) is 0 Å². The lowest BCUT2D eigenvalue weighted by molar-refractivity contribution is -0.121. The summed E-state index contributed by atoms with van der Waals surface area (Å²) in [5.41, 5.74) is 5.51. The van der Waals surface area contributed by atoms with Crippen molar-refractivity contribution < 1.29 is 4.79 Å². The first kappa shape index (κ1) is 18.7. The lowest BCUT2D eigenvalue weighted by atomic mass is 9.97. The molecule has 3 heterocycles. The lowest BCUT2D eigenvalue weighted by Gasteiger charge is -2.10. The molecule has 5 rings (SSSR count). The number of hydrogen-bond acceptors (Lipinski definition) is 5. The van der Waals surface area contributed by atoms with Crippen molar-refractivity contribution in [2.24, 2.45) is 12.1 Å². The van der Waals surface area contributed by atoms with E-state index in [2.05, 4.69) is 15.5 Å². The summed E-state index contributed by atoms with van der Waals surface area (Å²) in [7, 11) is 1.97. The van der Waals surface area contributed by atoms with E-state index >= 15 is 0 Å². The number of nitrogens with zero attached hydrogens (tertiary/aromatic N) is 4. The molecule has 8 heteroatoms. The van der Waals surface area contributed by atoms with E-state index in [9.17, 15) is 9.59 Å². The molecule has 1 aromatic carbocycles. The number of aryl methyl sites for hydroxylation is 3. The van der Waals surface area contributed by atoms with Gasteiger partial charge in [-0.25, -0.2) is 10.4 Å². The van der Waals surface area contributed by atoms with Crippen molar-refractivity contribution in [3.63, 3.8) is 0 Å². The average Bonchev–Trinajstić information content (AvgIpc) is 3.29. The van der Waals surface area contributed by atoms with E-state index in [-0.39, 0.29) is 18.0 Å². The van der Waals surface area contributed by atoms with Gasteiger partial charge in [0.25, 0.3) is 11.5 Å². The fourth-order valence-electron chi connectivity index (χ4n) is 4.13. The molecular weight excluding hydrogens is 398 g/mol. The number of rotatable bonds is 4. The predicted molar refractivity (Wildman–Crippen MR) is 119 cm³/mol. The molecule has 0 aliphatic heterocycles. The van der Waals surface area contributed by atoms with Crippen molar-refractivity contribution in [1.29, 1.82) is 0 Å². The molecule has 1 aliphatic rings. The third-order valence-electron chi connectivity index (χ3n) is 5.58. The Balaban J connectivity index is 1.34. The molecule has 152 valence electrons. The summed E-state index contributed by atoms with van der Waals surface area (Å²) in [6.07, 6.45) is 9.22. The van der Waals surface area contributed by atoms with Crippen LogP contribution >= 0.6 is 11.3 Å². The molecular formula is C22H21N5O2S. The highest BCUT2D eigenvalue weighted by Gasteiger charge is 2.20. The molecule has 1 aliphatic carbocycles. The molecule has 0 saturated heterocycles. The first-order chi connectivity index (χ1) is 14.6. The van der Waals surface area contributed by atoms with Crippen LogP contribution in [0.15, 0.2) is 46.7 Å². The maximum absolute atomic E-state index is 12.9. The second-order valence-corrected chi connectivity index (χ2v) is 8.66. The van der Waals surface area contributed by atoms with Crippen LogP contribution in [0.3, 0.4) is 0 Å². The third-order valence-corrected chi connectivity index (χ3v) is 6.78. The molecule has 0 saturated carbocycles. The molecule has 0 atom stereocenters. The number of carbonyl (C=O) groups excluding carboxylic acids is 1. The number of carbonyl (C=O) groups is 1. The fourth-order valence-corrected chi connectivity index (χ4v) is 5.35. The summed E-state index contributed by atoms with van der Waals surface area (Å²) in [5, 5.41) is 5.83. The van der Waals surface area contributed by atoms with Crippen molar-refractivity contribution in [3.05, 3.63) is 63.1 Å². The second-order valence-electron chi connectivity index (χ2n) is 7.57. The zero-order valence-electron chi connectivity index (χ0n) is 16.6. The minimum atomic E-state index is -0.362. The largest absolute Gasteiger partial charge is 0.350 e. The van der Waals surface area contributed by atoms with Crippen LogP contribution in [0.25, 0.3) is 21.1 Å². The molecule has 7 nitrogen and oxygen atoms in total. The van der Waals surface area contributed by atoms with Gasteiger partial charge in [0.05, 0.1) is 17.9 Å². The Hall–Kier alpha value is -3.26. The van der Waals surface area contributed by atoms with Crippen LogP contribution < -0.4 is 11.0 Å². The predicted octanol–water partition coefficient (Wildman–Crippen LogP) is 2.98. The molecule has 1 amide bonds. The Bertz CT molecular complexity index is 1360. The first-order valence-electron chi connectivity index (χ1n) is 9.97. The van der Waals surface area contributed by atoms with Crippen LogP contribution in [0.2, 0.25) is 0 Å². The molecule has 3 aromatic heterocycles. The van der Waals surface area contributed by atoms with Gasteiger partial charge in [-0.1, -0.05) is 18.2 Å². The van der Waals surface area contributed by atoms with Gasteiger partial charge in [0, 0.05) is 34.6 Å². The molecule has 1 N–H and O–H groups in total. The zero-order valence-corrected chi connectivity index (χ0v) is 17.4. The normalized spacial score (nSPS) is 13.9. The Kier molecular flexibility index (Phi) is 4.71. The van der Waals surface area contributed by atoms with Gasteiger partial charge in [0.2, 0.25) is 0 Å². The van der Waals surface area contributed by atoms with E-state index in [1.807, 2.05) is 42.1 Å². The molecule has 0 fully saturated rings. The number of thiophene rings is 1. The van der Waals surface area contributed by atoms with Crippen molar-refractivity contribution >= 4 is 44.6 Å². The highest BCUT2D eigenvalue weighted by atomic mass is 32.1. The number of fused-ring (bicyclic) bond motifs is 4. The molecule has 4 aromatic rings. The van der Waals surface area contributed by atoms with Crippen molar-refractivity contribution in [3.8, 4) is 0 Å². The van der Waals surface area contributed by atoms with E-state index in [1.54, 1.807) is 17.6 Å². The Morgan fingerprint density at radius 3 is 3.03 bits per heavy atom. The number of benzene rings is 1. The molecule has 0 unspecified atom stereocenters. The molecule has 0 bridgehead atoms. The van der Waals surface area contributed by atoms with Gasteiger partial charge in [0.15, 0.2) is 0 Å². The van der Waals surface area contributed by atoms with E-state index in [0.29, 0.717) is 5.39 Å². The molecule has 0 spiro atoms. The smallest absolute Gasteiger partial charge is 0.262 e. The van der Waals surface area contributed by atoms with Gasteiger partial charge in [0.1, 0.15) is 11.4 Å². The average molecular weight is 420 g/mol. The fraction of sp³-hybridized carbons (Fsp3) is 0.273. The Morgan fingerprint density at radius 1 is 1.30 bits per heavy atom. The zero-order chi connectivity index (χ0) is 20.7. The van der Waals surface area contributed by atoms with Gasteiger partial charge in [-0.05, 0) is 37.3 Å². The van der Waals surface area contributed by atoms with Crippen LogP contribution in [0.1, 0.15) is 28.8 Å². The summed E-state index contributed by atoms with van der Waals surface area (Å²) < 4.78 is 3.38. The van der Waals surface area contributed by atoms with Crippen LogP contribution in [-0.2, 0) is 31.2 Å². The van der Waals surface area contributed by atoms with Crippen molar-refractivity contribution in [2.45, 2.75) is 32.2 Å². The number of aromatic nitrogens is 3. The van der Waals surface area contributed by atoms with Crippen LogP contribution in [0.5, 0.6) is 0 Å². The van der Waals surface area contributed by atoms with Crippen LogP contribution in [-0.4, -0.2) is 26.2 Å². The van der Waals surface area contributed by atoms with Gasteiger partial charge in [-0.3, -0.25) is 14.2 Å². The minimum absolute atomic E-state index is 0.112. The lowest BCUT2D eigenvalue weighted by Crippen LogP contribution is -2.30. The third kappa shape index (κ3) is 3.23. The highest BCUT2D eigenvalue weighted by molar-refractivity contribution is 7.18. The van der Waals surface area contributed by atoms with Gasteiger partial charge in [-0.2, -0.15) is 5.10 Å². The maximum Gasteiger partial charge on any atom is 0.262 e. The topological polar surface area (TPSA) is 81.3 Å². The van der Waals surface area contributed by atoms with Gasteiger partial charge in [-0.15, -0.1) is 11.3 Å². The second kappa shape index (κ2) is 7.53. The summed E-state index contributed by atoms with van der Waals surface area (Å²) in [4.78, 5) is 31.8. The van der Waals surface area contributed by atoms with Crippen molar-refractivity contribution in [1.82, 2.24) is 19.5 Å². The summed E-state index contributed by atoms with van der Waals surface area (Å²) >= 11 is 1.61. The Labute approximate surface area is 176 Å². The SMILES string of the molecule is Cn1cc(/C=N\NC(=O)Cn2cnc3sc4c(c3c2=O)CCCC4)c2ccccc21. The maximum atomic E-state index is 12.9. The number of nitrogens with one attached hydrogen (secondary N) is 1. The summed E-state index contributed by atoms with van der Waals surface area (Å²) in [6.45, 7) is -0.112. The van der Waals surface area contributed by atoms with Crippen molar-refractivity contribution in [2.75, 3.05) is 0 Å². The van der Waals surface area contributed by atoms with E-state index < -0.39 is 0 Å². The quantitative estimate of drug-likeness (QED) is 0.408. The molecule has 0 radical (unpaired) electrons. The highest BCUT2D eigenvalue weighted by Crippen LogP contribution is 2.33. The number of amides is 1. The number of hydrazone groups is 1. The first-order valence-corrected chi connectivity index (χ1v) is 10.8. The van der Waals surface area contributed by atoms with Crippen LogP contribution in [0, 0.1) is 0 Å².